The molecule has 2 fully saturated rings. The highest BCUT2D eigenvalue weighted by molar-refractivity contribution is 5.17. The van der Waals surface area contributed by atoms with E-state index < -0.39 is 0 Å². The van der Waals surface area contributed by atoms with Crippen LogP contribution in [0.3, 0.4) is 0 Å². The molecule has 1 aromatic heterocycles. The minimum atomic E-state index is 0.0324. The highest BCUT2D eigenvalue weighted by Gasteiger charge is 2.48. The molecule has 3 rings (SSSR count). The predicted molar refractivity (Wildman–Crippen MR) is 73.9 cm³/mol. The molecule has 2 aliphatic rings. The summed E-state index contributed by atoms with van der Waals surface area (Å²) in [4.78, 5) is 4.65. The van der Waals surface area contributed by atoms with Gasteiger partial charge in [0.05, 0.1) is 5.41 Å². The van der Waals surface area contributed by atoms with Gasteiger partial charge in [-0.15, -0.1) is 0 Å². The zero-order chi connectivity index (χ0) is 13.3. The first kappa shape index (κ1) is 13.1. The standard InChI is InChI=1S/C15H25N3O/c1-2-3-11-4-6-12(7-5-11)13-17-14(19-18-13)15(10-16)8-9-15/h11-12H,2-10,16H2,1H3. The van der Waals surface area contributed by atoms with Gasteiger partial charge in [0.1, 0.15) is 0 Å². The van der Waals surface area contributed by atoms with Crippen LogP contribution < -0.4 is 5.73 Å². The van der Waals surface area contributed by atoms with E-state index in [-0.39, 0.29) is 5.41 Å². The van der Waals surface area contributed by atoms with E-state index in [9.17, 15) is 0 Å². The van der Waals surface area contributed by atoms with Crippen molar-refractivity contribution in [3.8, 4) is 0 Å². The molecule has 2 N–H and O–H groups in total. The molecule has 4 heteroatoms. The van der Waals surface area contributed by atoms with Crippen molar-refractivity contribution in [3.05, 3.63) is 11.7 Å². The predicted octanol–water partition coefficient (Wildman–Crippen LogP) is 3.13. The molecular formula is C15H25N3O. The SMILES string of the molecule is CCCC1CCC(c2noc(C3(CN)CC3)n2)CC1. The molecular weight excluding hydrogens is 238 g/mol. The van der Waals surface area contributed by atoms with E-state index in [1.807, 2.05) is 0 Å². The summed E-state index contributed by atoms with van der Waals surface area (Å²) >= 11 is 0. The van der Waals surface area contributed by atoms with Crippen molar-refractivity contribution in [3.63, 3.8) is 0 Å². The molecule has 19 heavy (non-hydrogen) atoms. The van der Waals surface area contributed by atoms with Gasteiger partial charge in [-0.25, -0.2) is 0 Å². The molecule has 0 atom stereocenters. The monoisotopic (exact) mass is 263 g/mol. The van der Waals surface area contributed by atoms with Crippen LogP contribution in [0.1, 0.15) is 75.9 Å². The van der Waals surface area contributed by atoms with Gasteiger partial charge in [0.25, 0.3) is 0 Å². The Morgan fingerprint density at radius 3 is 2.58 bits per heavy atom. The molecule has 2 aliphatic carbocycles. The molecule has 1 heterocycles. The molecule has 0 aromatic carbocycles. The van der Waals surface area contributed by atoms with Gasteiger partial charge in [0, 0.05) is 12.5 Å². The van der Waals surface area contributed by atoms with Gasteiger partial charge in [-0.1, -0.05) is 24.9 Å². The summed E-state index contributed by atoms with van der Waals surface area (Å²) in [6.07, 6.45) is 9.98. The Morgan fingerprint density at radius 2 is 2.00 bits per heavy atom. The number of hydrogen-bond donors (Lipinski definition) is 1. The maximum absolute atomic E-state index is 5.81. The molecule has 0 spiro atoms. The summed E-state index contributed by atoms with van der Waals surface area (Å²) in [5.74, 6) is 3.16. The van der Waals surface area contributed by atoms with E-state index in [0.29, 0.717) is 12.5 Å². The number of hydrogen-bond acceptors (Lipinski definition) is 4. The number of aromatic nitrogens is 2. The third kappa shape index (κ3) is 2.55. The van der Waals surface area contributed by atoms with Gasteiger partial charge in [-0.05, 0) is 44.4 Å². The Labute approximate surface area is 115 Å². The highest BCUT2D eigenvalue weighted by atomic mass is 16.5. The lowest BCUT2D eigenvalue weighted by Gasteiger charge is -2.26. The van der Waals surface area contributed by atoms with Crippen LogP contribution in [0, 0.1) is 5.92 Å². The molecule has 0 amide bonds. The van der Waals surface area contributed by atoms with Crippen molar-refractivity contribution >= 4 is 0 Å². The Hall–Kier alpha value is -0.900. The molecule has 0 aliphatic heterocycles. The third-order valence-corrected chi connectivity index (χ3v) is 5.05. The van der Waals surface area contributed by atoms with Crippen molar-refractivity contribution in [2.75, 3.05) is 6.54 Å². The fourth-order valence-electron chi connectivity index (χ4n) is 3.39. The van der Waals surface area contributed by atoms with E-state index in [2.05, 4.69) is 17.1 Å². The summed E-state index contributed by atoms with van der Waals surface area (Å²) in [5, 5.41) is 4.22. The molecule has 2 saturated carbocycles. The molecule has 4 nitrogen and oxygen atoms in total. The summed E-state index contributed by atoms with van der Waals surface area (Å²) < 4.78 is 5.47. The van der Waals surface area contributed by atoms with Gasteiger partial charge >= 0.3 is 0 Å². The maximum Gasteiger partial charge on any atom is 0.234 e. The van der Waals surface area contributed by atoms with Crippen LogP contribution >= 0.6 is 0 Å². The molecule has 1 aromatic rings. The Balaban J connectivity index is 1.61. The van der Waals surface area contributed by atoms with Crippen LogP contribution in [0.25, 0.3) is 0 Å². The van der Waals surface area contributed by atoms with E-state index in [1.165, 1.54) is 38.5 Å². The zero-order valence-corrected chi connectivity index (χ0v) is 11.9. The Bertz CT molecular complexity index is 417. The minimum absolute atomic E-state index is 0.0324. The number of rotatable bonds is 5. The quantitative estimate of drug-likeness (QED) is 0.886. The summed E-state index contributed by atoms with van der Waals surface area (Å²) in [5.41, 5.74) is 5.84. The van der Waals surface area contributed by atoms with Crippen LogP contribution in [0.15, 0.2) is 4.52 Å². The van der Waals surface area contributed by atoms with Crippen LogP contribution in [0.4, 0.5) is 0 Å². The normalized spacial score (nSPS) is 29.4. The number of nitrogens with zero attached hydrogens (tertiary/aromatic N) is 2. The minimum Gasteiger partial charge on any atom is -0.339 e. The first-order valence-corrected chi connectivity index (χ1v) is 7.81. The first-order chi connectivity index (χ1) is 9.27. The smallest absolute Gasteiger partial charge is 0.234 e. The second-order valence-corrected chi connectivity index (χ2v) is 6.45. The zero-order valence-electron chi connectivity index (χ0n) is 11.9. The fourth-order valence-corrected chi connectivity index (χ4v) is 3.39. The number of nitrogens with two attached hydrogens (primary N) is 1. The summed E-state index contributed by atoms with van der Waals surface area (Å²) in [6, 6.07) is 0. The van der Waals surface area contributed by atoms with Gasteiger partial charge in [-0.2, -0.15) is 4.98 Å². The Morgan fingerprint density at radius 1 is 1.26 bits per heavy atom. The molecule has 0 saturated heterocycles. The average molecular weight is 263 g/mol. The van der Waals surface area contributed by atoms with Crippen LogP contribution in [0.5, 0.6) is 0 Å². The van der Waals surface area contributed by atoms with Crippen molar-refractivity contribution in [2.45, 2.75) is 69.6 Å². The molecule has 106 valence electrons. The largest absolute Gasteiger partial charge is 0.339 e. The van der Waals surface area contributed by atoms with Gasteiger partial charge < -0.3 is 10.3 Å². The first-order valence-electron chi connectivity index (χ1n) is 7.81. The van der Waals surface area contributed by atoms with Crippen LogP contribution in [-0.2, 0) is 5.41 Å². The van der Waals surface area contributed by atoms with Crippen molar-refractivity contribution in [1.82, 2.24) is 10.1 Å². The third-order valence-electron chi connectivity index (χ3n) is 5.05. The fraction of sp³-hybridized carbons (Fsp3) is 0.867. The lowest BCUT2D eigenvalue weighted by atomic mass is 9.80. The van der Waals surface area contributed by atoms with Gasteiger partial charge in [0.15, 0.2) is 5.82 Å². The van der Waals surface area contributed by atoms with Crippen LogP contribution in [0.2, 0.25) is 0 Å². The summed E-state index contributed by atoms with van der Waals surface area (Å²) in [7, 11) is 0. The molecule has 0 unspecified atom stereocenters. The second kappa shape index (κ2) is 5.23. The highest BCUT2D eigenvalue weighted by Crippen LogP contribution is 2.47. The second-order valence-electron chi connectivity index (χ2n) is 6.45. The summed E-state index contributed by atoms with van der Waals surface area (Å²) in [6.45, 7) is 2.91. The maximum atomic E-state index is 5.81. The van der Waals surface area contributed by atoms with Crippen molar-refractivity contribution in [2.24, 2.45) is 11.7 Å². The van der Waals surface area contributed by atoms with Crippen molar-refractivity contribution in [1.29, 1.82) is 0 Å². The topological polar surface area (TPSA) is 64.9 Å². The van der Waals surface area contributed by atoms with E-state index in [1.54, 1.807) is 0 Å². The average Bonchev–Trinajstić information content (AvgIpc) is 3.09. The van der Waals surface area contributed by atoms with Gasteiger partial charge in [0.2, 0.25) is 5.89 Å². The molecule has 0 radical (unpaired) electrons. The van der Waals surface area contributed by atoms with E-state index >= 15 is 0 Å². The van der Waals surface area contributed by atoms with Crippen molar-refractivity contribution < 1.29 is 4.52 Å². The van der Waals surface area contributed by atoms with E-state index in [4.69, 9.17) is 10.3 Å². The lowest BCUT2D eigenvalue weighted by molar-refractivity contribution is 0.293. The van der Waals surface area contributed by atoms with Crippen LogP contribution in [-0.4, -0.2) is 16.7 Å². The van der Waals surface area contributed by atoms with E-state index in [0.717, 1.165) is 30.5 Å². The Kier molecular flexibility index (Phi) is 3.61. The van der Waals surface area contributed by atoms with Gasteiger partial charge in [-0.3, -0.25) is 0 Å². The lowest BCUT2D eigenvalue weighted by Crippen LogP contribution is -2.20. The molecule has 0 bridgehead atoms.